The van der Waals surface area contributed by atoms with Crippen molar-refractivity contribution in [2.45, 2.75) is 57.0 Å². The van der Waals surface area contributed by atoms with Crippen LogP contribution in [0.1, 0.15) is 20.8 Å². The molecular formula is C12H22N2O5. The van der Waals surface area contributed by atoms with Crippen molar-refractivity contribution in [1.82, 2.24) is 0 Å². The van der Waals surface area contributed by atoms with Gasteiger partial charge in [-0.25, -0.2) is 0 Å². The van der Waals surface area contributed by atoms with E-state index >= 15 is 0 Å². The number of rotatable bonds is 3. The van der Waals surface area contributed by atoms with E-state index in [9.17, 15) is 4.79 Å². The number of hydrogen-bond donors (Lipinski definition) is 2. The van der Waals surface area contributed by atoms with E-state index < -0.39 is 11.9 Å². The van der Waals surface area contributed by atoms with Gasteiger partial charge in [-0.15, -0.1) is 0 Å². The maximum Gasteiger partial charge on any atom is 0.302 e. The molecule has 19 heavy (non-hydrogen) atoms. The van der Waals surface area contributed by atoms with E-state index in [-0.39, 0.29) is 43.5 Å². The minimum Gasteiger partial charge on any atom is -0.463 e. The fraction of sp³-hybridized carbons (Fsp3) is 0.917. The zero-order valence-electron chi connectivity index (χ0n) is 11.5. The van der Waals surface area contributed by atoms with Gasteiger partial charge in [0.2, 0.25) is 0 Å². The fourth-order valence-electron chi connectivity index (χ4n) is 2.55. The molecular weight excluding hydrogens is 252 g/mol. The van der Waals surface area contributed by atoms with Gasteiger partial charge in [-0.2, -0.15) is 0 Å². The lowest BCUT2D eigenvalue weighted by Gasteiger charge is -2.40. The van der Waals surface area contributed by atoms with Crippen molar-refractivity contribution in [3.8, 4) is 0 Å². The fourth-order valence-corrected chi connectivity index (χ4v) is 2.55. The highest BCUT2D eigenvalue weighted by Gasteiger charge is 2.53. The van der Waals surface area contributed by atoms with Crippen molar-refractivity contribution in [2.75, 3.05) is 13.2 Å². The van der Waals surface area contributed by atoms with Gasteiger partial charge in [0, 0.05) is 13.5 Å². The SMILES string of the molecule is CC(=O)OCC1OC(CN)[C@H](N)C2OC(C)(C)OC12. The Morgan fingerprint density at radius 1 is 1.26 bits per heavy atom. The van der Waals surface area contributed by atoms with E-state index in [1.807, 2.05) is 13.8 Å². The Balaban J connectivity index is 2.11. The van der Waals surface area contributed by atoms with Crippen LogP contribution in [-0.4, -0.2) is 55.4 Å². The summed E-state index contributed by atoms with van der Waals surface area (Å²) in [5.74, 6) is -1.09. The molecule has 2 rings (SSSR count). The number of esters is 1. The van der Waals surface area contributed by atoms with Crippen LogP contribution in [0.15, 0.2) is 0 Å². The molecule has 0 spiro atoms. The van der Waals surface area contributed by atoms with Gasteiger partial charge < -0.3 is 30.4 Å². The topological polar surface area (TPSA) is 106 Å². The molecule has 2 aliphatic heterocycles. The quantitative estimate of drug-likeness (QED) is 0.644. The number of nitrogens with two attached hydrogens (primary N) is 2. The van der Waals surface area contributed by atoms with Crippen LogP contribution in [0.5, 0.6) is 0 Å². The van der Waals surface area contributed by atoms with Gasteiger partial charge in [-0.1, -0.05) is 0 Å². The normalized spacial score (nSPS) is 40.8. The third-order valence-electron chi connectivity index (χ3n) is 3.37. The lowest BCUT2D eigenvalue weighted by molar-refractivity contribution is -0.176. The molecule has 7 nitrogen and oxygen atoms in total. The monoisotopic (exact) mass is 274 g/mol. The Kier molecular flexibility index (Phi) is 4.12. The maximum absolute atomic E-state index is 10.9. The van der Waals surface area contributed by atoms with E-state index in [0.29, 0.717) is 0 Å². The van der Waals surface area contributed by atoms with Crippen molar-refractivity contribution < 1.29 is 23.7 Å². The van der Waals surface area contributed by atoms with Gasteiger partial charge in [0.25, 0.3) is 0 Å². The molecule has 0 bridgehead atoms. The van der Waals surface area contributed by atoms with Gasteiger partial charge >= 0.3 is 5.97 Å². The van der Waals surface area contributed by atoms with Gasteiger partial charge in [0.05, 0.1) is 12.1 Å². The highest BCUT2D eigenvalue weighted by molar-refractivity contribution is 5.65. The van der Waals surface area contributed by atoms with Gasteiger partial charge in [0.1, 0.15) is 24.9 Å². The van der Waals surface area contributed by atoms with Crippen molar-refractivity contribution in [2.24, 2.45) is 11.5 Å². The number of hydrogen-bond acceptors (Lipinski definition) is 7. The summed E-state index contributed by atoms with van der Waals surface area (Å²) in [5.41, 5.74) is 11.7. The van der Waals surface area contributed by atoms with E-state index in [0.717, 1.165) is 0 Å². The van der Waals surface area contributed by atoms with Crippen LogP contribution in [0.4, 0.5) is 0 Å². The lowest BCUT2D eigenvalue weighted by Crippen LogP contribution is -2.62. The average molecular weight is 274 g/mol. The molecule has 0 radical (unpaired) electrons. The minimum atomic E-state index is -0.728. The van der Waals surface area contributed by atoms with Gasteiger partial charge in [0.15, 0.2) is 5.79 Å². The van der Waals surface area contributed by atoms with Gasteiger partial charge in [-0.3, -0.25) is 4.79 Å². The first-order chi connectivity index (χ1) is 8.84. The first kappa shape index (κ1) is 14.7. The van der Waals surface area contributed by atoms with Crippen LogP contribution < -0.4 is 11.5 Å². The third-order valence-corrected chi connectivity index (χ3v) is 3.37. The van der Waals surface area contributed by atoms with E-state index in [1.165, 1.54) is 6.92 Å². The minimum absolute atomic E-state index is 0.110. The molecule has 0 aromatic rings. The number of carbonyl (C=O) groups is 1. The van der Waals surface area contributed by atoms with Crippen molar-refractivity contribution in [3.05, 3.63) is 0 Å². The summed E-state index contributed by atoms with van der Waals surface area (Å²) >= 11 is 0. The molecule has 0 aliphatic carbocycles. The predicted molar refractivity (Wildman–Crippen MR) is 66.1 cm³/mol. The first-order valence-electron chi connectivity index (χ1n) is 6.44. The molecule has 0 amide bonds. The van der Waals surface area contributed by atoms with Crippen LogP contribution in [-0.2, 0) is 23.7 Å². The van der Waals surface area contributed by atoms with Crippen LogP contribution in [0.3, 0.4) is 0 Å². The Morgan fingerprint density at radius 3 is 2.47 bits per heavy atom. The third kappa shape index (κ3) is 3.06. The average Bonchev–Trinajstić information content (AvgIpc) is 2.64. The van der Waals surface area contributed by atoms with Crippen LogP contribution in [0.2, 0.25) is 0 Å². The Labute approximate surface area is 112 Å². The van der Waals surface area contributed by atoms with Crippen molar-refractivity contribution in [3.63, 3.8) is 0 Å². The molecule has 0 aromatic carbocycles. The molecule has 4 N–H and O–H groups in total. The molecule has 7 heteroatoms. The zero-order chi connectivity index (χ0) is 14.2. The number of ether oxygens (including phenoxy) is 4. The predicted octanol–water partition coefficient (Wildman–Crippen LogP) is -0.877. The Morgan fingerprint density at radius 2 is 1.89 bits per heavy atom. The van der Waals surface area contributed by atoms with E-state index in [4.69, 9.17) is 30.4 Å². The molecule has 0 saturated carbocycles. The summed E-state index contributed by atoms with van der Waals surface area (Å²) in [7, 11) is 0. The summed E-state index contributed by atoms with van der Waals surface area (Å²) in [6.07, 6.45) is -1.41. The highest BCUT2D eigenvalue weighted by atomic mass is 16.8. The van der Waals surface area contributed by atoms with Gasteiger partial charge in [-0.05, 0) is 13.8 Å². The Bertz CT molecular complexity index is 349. The summed E-state index contributed by atoms with van der Waals surface area (Å²) < 4.78 is 22.4. The van der Waals surface area contributed by atoms with E-state index in [1.54, 1.807) is 0 Å². The molecule has 2 aliphatic rings. The second kappa shape index (κ2) is 5.34. The van der Waals surface area contributed by atoms with Crippen LogP contribution in [0.25, 0.3) is 0 Å². The van der Waals surface area contributed by atoms with Crippen molar-refractivity contribution in [1.29, 1.82) is 0 Å². The van der Waals surface area contributed by atoms with Crippen LogP contribution in [0, 0.1) is 0 Å². The second-order valence-electron chi connectivity index (χ2n) is 5.39. The summed E-state index contributed by atoms with van der Waals surface area (Å²) in [6.45, 7) is 5.38. The number of fused-ring (bicyclic) bond motifs is 1. The maximum atomic E-state index is 10.9. The molecule has 2 fully saturated rings. The van der Waals surface area contributed by atoms with Crippen LogP contribution >= 0.6 is 0 Å². The second-order valence-corrected chi connectivity index (χ2v) is 5.39. The smallest absolute Gasteiger partial charge is 0.302 e. The first-order valence-corrected chi connectivity index (χ1v) is 6.44. The Hall–Kier alpha value is -0.730. The molecule has 0 aromatic heterocycles. The molecule has 5 atom stereocenters. The molecule has 4 unspecified atom stereocenters. The molecule has 2 heterocycles. The lowest BCUT2D eigenvalue weighted by atomic mass is 9.93. The summed E-state index contributed by atoms with van der Waals surface area (Å²) in [6, 6.07) is -0.356. The zero-order valence-corrected chi connectivity index (χ0v) is 11.5. The standard InChI is InChI=1S/C12H22N2O5/c1-6(15)16-5-8-10-11(19-12(2,3)18-10)9(14)7(4-13)17-8/h7-11H,4-5,13-14H2,1-3H3/t7?,8?,9-,10?,11?/m0/s1. The van der Waals surface area contributed by atoms with Crippen molar-refractivity contribution >= 4 is 5.97 Å². The summed E-state index contributed by atoms with van der Waals surface area (Å²) in [4.78, 5) is 10.9. The number of carbonyl (C=O) groups excluding carboxylic acids is 1. The molecule has 2 saturated heterocycles. The largest absolute Gasteiger partial charge is 0.463 e. The van der Waals surface area contributed by atoms with E-state index in [2.05, 4.69) is 0 Å². The summed E-state index contributed by atoms with van der Waals surface area (Å²) in [5, 5.41) is 0. The molecule has 110 valence electrons. The highest BCUT2D eigenvalue weighted by Crippen LogP contribution is 2.36.